The Bertz CT molecular complexity index is 804. The maximum absolute atomic E-state index is 13.9. The van der Waals surface area contributed by atoms with Crippen LogP contribution < -0.4 is 20.0 Å². The van der Waals surface area contributed by atoms with E-state index in [2.05, 4.69) is 15.6 Å². The van der Waals surface area contributed by atoms with Crippen LogP contribution in [0.2, 0.25) is 5.15 Å². The van der Waals surface area contributed by atoms with E-state index >= 15 is 0 Å². The minimum Gasteiger partial charge on any atom is -0.492 e. The van der Waals surface area contributed by atoms with Crippen LogP contribution in [0.5, 0.6) is 5.75 Å². The summed E-state index contributed by atoms with van der Waals surface area (Å²) in [6, 6.07) is 5.87. The summed E-state index contributed by atoms with van der Waals surface area (Å²) in [6.45, 7) is 8.00. The van der Waals surface area contributed by atoms with Crippen molar-refractivity contribution in [3.05, 3.63) is 35.2 Å². The smallest absolute Gasteiger partial charge is 0.277 e. The molecule has 0 spiro atoms. The summed E-state index contributed by atoms with van der Waals surface area (Å²) in [7, 11) is 1.34. The van der Waals surface area contributed by atoms with Gasteiger partial charge in [-0.3, -0.25) is 0 Å². The first-order chi connectivity index (χ1) is 14.0. The van der Waals surface area contributed by atoms with Crippen LogP contribution in [0.4, 0.5) is 36.1 Å². The molecule has 2 aromatic rings. The molecule has 162 valence electrons. The van der Waals surface area contributed by atoms with Crippen LogP contribution in [0.15, 0.2) is 24.3 Å². The molecule has 2 N–H and O–H groups in total. The third-order valence-electron chi connectivity index (χ3n) is 3.54. The highest BCUT2D eigenvalue weighted by atomic mass is 127. The van der Waals surface area contributed by atoms with Crippen LogP contribution in [0.25, 0.3) is 0 Å². The molecule has 2 heterocycles. The lowest BCUT2D eigenvalue weighted by Crippen LogP contribution is -2.35. The molecule has 0 amide bonds. The van der Waals surface area contributed by atoms with Crippen molar-refractivity contribution in [2.45, 2.75) is 40.3 Å². The minimum absolute atomic E-state index is 0.0141. The molecule has 0 bridgehead atoms. The molecule has 0 radical (unpaired) electrons. The number of alkyl halides is 2. The van der Waals surface area contributed by atoms with Gasteiger partial charge in [-0.05, 0) is 34.2 Å². The van der Waals surface area contributed by atoms with Crippen molar-refractivity contribution in [3.63, 3.8) is 0 Å². The SMILES string of the molecule is CC.CC.COc1c(F)cccc1Nc1cc(Cl)nc2c1NC(C(F)F)N2PI. The Kier molecular flexibility index (Phi) is 11.1. The quantitative estimate of drug-likeness (QED) is 0.225. The largest absolute Gasteiger partial charge is 0.492 e. The number of nitrogens with zero attached hydrogens (tertiary/aromatic N) is 2. The van der Waals surface area contributed by atoms with Gasteiger partial charge in [-0.25, -0.2) is 18.2 Å². The number of hydrogen-bond donors (Lipinski definition) is 2. The van der Waals surface area contributed by atoms with Gasteiger partial charge in [0.25, 0.3) is 6.43 Å². The van der Waals surface area contributed by atoms with Crippen molar-refractivity contribution in [2.75, 3.05) is 22.4 Å². The Morgan fingerprint density at radius 3 is 2.48 bits per heavy atom. The first-order valence-electron chi connectivity index (χ1n) is 8.96. The maximum atomic E-state index is 13.9. The normalized spacial score (nSPS) is 14.6. The number of anilines is 4. The Morgan fingerprint density at radius 1 is 1.28 bits per heavy atom. The molecule has 2 unspecified atom stereocenters. The van der Waals surface area contributed by atoms with E-state index in [1.807, 2.05) is 49.7 Å². The maximum Gasteiger partial charge on any atom is 0.277 e. The van der Waals surface area contributed by atoms with Crippen LogP contribution in [0.1, 0.15) is 27.7 Å². The number of para-hydroxylation sites is 1. The Labute approximate surface area is 189 Å². The first-order valence-corrected chi connectivity index (χ1v) is 13.4. The number of fused-ring (bicyclic) bond motifs is 1. The van der Waals surface area contributed by atoms with Crippen molar-refractivity contribution in [1.82, 2.24) is 4.98 Å². The van der Waals surface area contributed by atoms with Gasteiger partial charge in [0.2, 0.25) is 0 Å². The number of aromatic nitrogens is 1. The molecule has 2 atom stereocenters. The molecule has 0 saturated heterocycles. The van der Waals surface area contributed by atoms with Gasteiger partial charge in [0, 0.05) is 12.4 Å². The van der Waals surface area contributed by atoms with Crippen LogP contribution in [-0.4, -0.2) is 24.7 Å². The number of hydrogen-bond acceptors (Lipinski definition) is 5. The van der Waals surface area contributed by atoms with E-state index in [0.717, 1.165) is 0 Å². The molecule has 1 aromatic heterocycles. The van der Waals surface area contributed by atoms with Crippen LogP contribution >= 0.6 is 40.0 Å². The highest BCUT2D eigenvalue weighted by Gasteiger charge is 2.38. The molecule has 29 heavy (non-hydrogen) atoms. The summed E-state index contributed by atoms with van der Waals surface area (Å²) in [4.78, 5) is 4.15. The predicted octanol–water partition coefficient (Wildman–Crippen LogP) is 7.45. The Balaban J connectivity index is 0.000000989. The van der Waals surface area contributed by atoms with E-state index in [1.54, 1.807) is 6.07 Å². The zero-order chi connectivity index (χ0) is 22.1. The summed E-state index contributed by atoms with van der Waals surface area (Å²) in [5, 5.41) is 5.88. The third kappa shape index (κ3) is 5.92. The number of rotatable bonds is 5. The molecule has 0 aliphatic carbocycles. The van der Waals surface area contributed by atoms with E-state index in [-0.39, 0.29) is 17.3 Å². The summed E-state index contributed by atoms with van der Waals surface area (Å²) in [5.74, 6) is -0.207. The van der Waals surface area contributed by atoms with E-state index < -0.39 is 18.4 Å². The lowest BCUT2D eigenvalue weighted by atomic mass is 10.2. The number of nitrogens with one attached hydrogen (secondary N) is 2. The highest BCUT2D eigenvalue weighted by molar-refractivity contribution is 14.2. The number of methoxy groups -OCH3 is 1. The van der Waals surface area contributed by atoms with Crippen molar-refractivity contribution < 1.29 is 17.9 Å². The molecule has 11 heteroatoms. The van der Waals surface area contributed by atoms with Crippen molar-refractivity contribution >= 4 is 62.9 Å². The molecule has 0 saturated carbocycles. The molecule has 1 aromatic carbocycles. The average molecular weight is 563 g/mol. The minimum atomic E-state index is -2.62. The monoisotopic (exact) mass is 562 g/mol. The van der Waals surface area contributed by atoms with Gasteiger partial charge in [0.05, 0.1) is 18.5 Å². The fraction of sp³-hybridized carbons (Fsp3) is 0.389. The zero-order valence-electron chi connectivity index (χ0n) is 16.7. The first kappa shape index (κ1) is 25.8. The summed E-state index contributed by atoms with van der Waals surface area (Å²) in [6.07, 6.45) is -3.79. The topological polar surface area (TPSA) is 49.4 Å². The van der Waals surface area contributed by atoms with E-state index in [4.69, 9.17) is 16.3 Å². The number of halogens is 5. The summed E-state index contributed by atoms with van der Waals surface area (Å²) >= 11 is 8.06. The van der Waals surface area contributed by atoms with Crippen LogP contribution in [-0.2, 0) is 0 Å². The lowest BCUT2D eigenvalue weighted by molar-refractivity contribution is 0.130. The summed E-state index contributed by atoms with van der Waals surface area (Å²) < 4.78 is 47.0. The van der Waals surface area contributed by atoms with Gasteiger partial charge in [0.1, 0.15) is 10.8 Å². The number of pyridine rings is 1. The van der Waals surface area contributed by atoms with Gasteiger partial charge in [-0.2, -0.15) is 0 Å². The summed E-state index contributed by atoms with van der Waals surface area (Å²) in [5.41, 5.74) is 1.13. The van der Waals surface area contributed by atoms with Gasteiger partial charge < -0.3 is 20.0 Å². The second-order valence-corrected chi connectivity index (χ2v) is 7.50. The van der Waals surface area contributed by atoms with E-state index in [0.29, 0.717) is 22.9 Å². The number of ether oxygens (including phenoxy) is 1. The standard InChI is InChI=1S/C14H12ClF3IN4OP.2C2H6/c1-24-11-6(16)3-2-4-7(11)20-8-5-9(15)21-13-10(8)22-14(12(17)18)23(13)25-19;2*1-2/h2-5,12,14,22,25H,1H3,(H,20,21);2*1-2H3. The lowest BCUT2D eigenvalue weighted by Gasteiger charge is -2.22. The van der Waals surface area contributed by atoms with E-state index in [1.165, 1.54) is 30.0 Å². The predicted molar refractivity (Wildman–Crippen MR) is 126 cm³/mol. The van der Waals surface area contributed by atoms with Gasteiger partial charge in [0.15, 0.2) is 23.6 Å². The third-order valence-corrected chi connectivity index (χ3v) is 5.96. The van der Waals surface area contributed by atoms with Gasteiger partial charge in [-0.1, -0.05) is 45.4 Å². The molecule has 1 aliphatic rings. The average Bonchev–Trinajstić information content (AvgIpc) is 3.10. The number of benzene rings is 1. The molecule has 1 aliphatic heterocycles. The van der Waals surface area contributed by atoms with Crippen molar-refractivity contribution in [1.29, 1.82) is 0 Å². The van der Waals surface area contributed by atoms with Gasteiger partial charge >= 0.3 is 0 Å². The molecule has 3 rings (SSSR count). The molecule has 5 nitrogen and oxygen atoms in total. The second-order valence-electron chi connectivity index (χ2n) is 5.01. The molecular weight excluding hydrogens is 539 g/mol. The zero-order valence-corrected chi connectivity index (χ0v) is 20.6. The van der Waals surface area contributed by atoms with Crippen LogP contribution in [0.3, 0.4) is 0 Å². The van der Waals surface area contributed by atoms with Crippen LogP contribution in [0, 0.1) is 5.82 Å². The fourth-order valence-corrected chi connectivity index (χ4v) is 4.79. The van der Waals surface area contributed by atoms with Crippen molar-refractivity contribution in [2.24, 2.45) is 0 Å². The Hall–Kier alpha value is -1.19. The van der Waals surface area contributed by atoms with Crippen molar-refractivity contribution in [3.8, 4) is 5.75 Å². The molecular formula is C18H24ClF3IN4OP. The van der Waals surface area contributed by atoms with E-state index in [9.17, 15) is 13.2 Å². The second kappa shape index (κ2) is 12.5. The highest BCUT2D eigenvalue weighted by Crippen LogP contribution is 2.49. The fourth-order valence-electron chi connectivity index (χ4n) is 2.49. The molecule has 0 fully saturated rings. The Morgan fingerprint density at radius 2 is 1.93 bits per heavy atom. The van der Waals surface area contributed by atoms with Gasteiger partial charge in [-0.15, -0.1) is 0 Å².